The van der Waals surface area contributed by atoms with Gasteiger partial charge in [0.25, 0.3) is 5.69 Å². The second-order valence-electron chi connectivity index (χ2n) is 8.12. The number of rotatable bonds is 4. The van der Waals surface area contributed by atoms with Gasteiger partial charge in [-0.15, -0.1) is 0 Å². The van der Waals surface area contributed by atoms with Crippen LogP contribution in [0.2, 0.25) is 0 Å². The molecule has 2 aromatic rings. The minimum Gasteiger partial charge on any atom is -0.444 e. The van der Waals surface area contributed by atoms with Gasteiger partial charge in [0, 0.05) is 38.8 Å². The van der Waals surface area contributed by atoms with E-state index in [1.54, 1.807) is 17.2 Å². The average molecular weight is 387 g/mol. The van der Waals surface area contributed by atoms with Crippen molar-refractivity contribution in [3.63, 3.8) is 0 Å². The van der Waals surface area contributed by atoms with Crippen LogP contribution in [0.15, 0.2) is 24.4 Å². The molecule has 9 heteroatoms. The van der Waals surface area contributed by atoms with Crippen LogP contribution in [0.3, 0.4) is 0 Å². The molecule has 0 spiro atoms. The summed E-state index contributed by atoms with van der Waals surface area (Å²) in [6, 6.07) is 4.45. The summed E-state index contributed by atoms with van der Waals surface area (Å²) in [7, 11) is 1.93. The van der Waals surface area contributed by atoms with Crippen molar-refractivity contribution in [1.82, 2.24) is 14.9 Å². The fourth-order valence-electron chi connectivity index (χ4n) is 3.24. The molecule has 0 unspecified atom stereocenters. The first-order valence-corrected chi connectivity index (χ1v) is 9.22. The first kappa shape index (κ1) is 19.8. The highest BCUT2D eigenvalue weighted by atomic mass is 16.6. The predicted octanol–water partition coefficient (Wildman–Crippen LogP) is 3.23. The van der Waals surface area contributed by atoms with E-state index in [0.29, 0.717) is 35.9 Å². The zero-order valence-electron chi connectivity index (χ0n) is 16.6. The molecule has 0 bridgehead atoms. The maximum Gasteiger partial charge on any atom is 0.410 e. The average Bonchev–Trinajstić information content (AvgIpc) is 3.08. The lowest BCUT2D eigenvalue weighted by Gasteiger charge is -2.25. The van der Waals surface area contributed by atoms with E-state index in [0.717, 1.165) is 13.0 Å². The number of anilines is 1. The molecule has 9 nitrogen and oxygen atoms in total. The Morgan fingerprint density at radius 1 is 1.39 bits per heavy atom. The maximum atomic E-state index is 12.2. The molecule has 0 saturated carbocycles. The number of fused-ring (bicyclic) bond motifs is 1. The van der Waals surface area contributed by atoms with Crippen LogP contribution < -0.4 is 4.90 Å². The number of benzene rings is 1. The molecule has 1 aliphatic rings. The van der Waals surface area contributed by atoms with Gasteiger partial charge in [-0.2, -0.15) is 0 Å². The number of hydrogen-bond donors (Lipinski definition) is 0. The summed E-state index contributed by atoms with van der Waals surface area (Å²) in [5.74, 6) is 1.00. The number of nitro groups is 1. The number of hydrogen-bond acceptors (Lipinski definition) is 7. The summed E-state index contributed by atoms with van der Waals surface area (Å²) in [6.45, 7) is 7.64. The van der Waals surface area contributed by atoms with Gasteiger partial charge in [0.1, 0.15) is 11.4 Å². The Hall–Kier alpha value is -2.97. The Bertz CT molecular complexity index is 896. The highest BCUT2D eigenvalue weighted by Gasteiger charge is 2.30. The van der Waals surface area contributed by atoms with Crippen molar-refractivity contribution in [3.8, 4) is 0 Å². The first-order chi connectivity index (χ1) is 13.1. The van der Waals surface area contributed by atoms with E-state index in [-0.39, 0.29) is 11.8 Å². The summed E-state index contributed by atoms with van der Waals surface area (Å²) in [5.41, 5.74) is 0.595. The molecule has 150 valence electrons. The number of likely N-dealkylation sites (tertiary alicyclic amines) is 1. The van der Waals surface area contributed by atoms with Gasteiger partial charge in [0.05, 0.1) is 22.2 Å². The quantitative estimate of drug-likeness (QED) is 0.586. The van der Waals surface area contributed by atoms with Crippen LogP contribution in [-0.2, 0) is 4.74 Å². The number of non-ortho nitro benzene ring substituents is 1. The third kappa shape index (κ3) is 4.65. The molecule has 1 saturated heterocycles. The van der Waals surface area contributed by atoms with E-state index < -0.39 is 10.5 Å². The lowest BCUT2D eigenvalue weighted by Crippen LogP contribution is -2.36. The summed E-state index contributed by atoms with van der Waals surface area (Å²) < 4.78 is 5.44. The Morgan fingerprint density at radius 2 is 2.14 bits per heavy atom. The molecule has 1 amide bonds. The van der Waals surface area contributed by atoms with Gasteiger partial charge < -0.3 is 14.5 Å². The summed E-state index contributed by atoms with van der Waals surface area (Å²) in [4.78, 5) is 35.2. The third-order valence-corrected chi connectivity index (χ3v) is 4.58. The number of ether oxygens (including phenoxy) is 1. The van der Waals surface area contributed by atoms with Gasteiger partial charge in [-0.05, 0) is 39.2 Å². The van der Waals surface area contributed by atoms with E-state index >= 15 is 0 Å². The monoisotopic (exact) mass is 387 g/mol. The molecule has 1 atom stereocenters. The molecule has 1 fully saturated rings. The van der Waals surface area contributed by atoms with Crippen LogP contribution in [0, 0.1) is 16.0 Å². The number of carbonyl (C=O) groups excluding carboxylic acids is 1. The molecule has 0 radical (unpaired) electrons. The van der Waals surface area contributed by atoms with Crippen molar-refractivity contribution in [2.45, 2.75) is 32.8 Å². The van der Waals surface area contributed by atoms with E-state index in [2.05, 4.69) is 9.97 Å². The van der Waals surface area contributed by atoms with Crippen LogP contribution in [0.25, 0.3) is 11.0 Å². The molecule has 1 aliphatic heterocycles. The third-order valence-electron chi connectivity index (χ3n) is 4.58. The summed E-state index contributed by atoms with van der Waals surface area (Å²) in [5, 5.41) is 10.9. The molecule has 0 aliphatic carbocycles. The van der Waals surface area contributed by atoms with Crippen molar-refractivity contribution in [2.75, 3.05) is 31.6 Å². The van der Waals surface area contributed by atoms with Crippen molar-refractivity contribution in [2.24, 2.45) is 5.92 Å². The highest BCUT2D eigenvalue weighted by molar-refractivity contribution is 5.78. The SMILES string of the molecule is CN(C[C@@H]1CCN(C(=O)OC(C)(C)C)C1)c1cnc2cc([N+](=O)[O-])ccc2n1. The molecule has 3 rings (SSSR count). The van der Waals surface area contributed by atoms with E-state index in [4.69, 9.17) is 4.74 Å². The van der Waals surface area contributed by atoms with Gasteiger partial charge in [-0.3, -0.25) is 15.1 Å². The Labute approximate surface area is 163 Å². The molecular formula is C19H25N5O4. The van der Waals surface area contributed by atoms with Crippen molar-refractivity contribution < 1.29 is 14.5 Å². The Morgan fingerprint density at radius 3 is 2.82 bits per heavy atom. The van der Waals surface area contributed by atoms with Gasteiger partial charge in [-0.1, -0.05) is 0 Å². The van der Waals surface area contributed by atoms with Gasteiger partial charge >= 0.3 is 6.09 Å². The summed E-state index contributed by atoms with van der Waals surface area (Å²) in [6.07, 6.45) is 2.24. The number of aromatic nitrogens is 2. The molecule has 0 N–H and O–H groups in total. The second-order valence-corrected chi connectivity index (χ2v) is 8.12. The van der Waals surface area contributed by atoms with Crippen LogP contribution in [0.4, 0.5) is 16.3 Å². The molecule has 2 heterocycles. The lowest BCUT2D eigenvalue weighted by atomic mass is 10.1. The van der Waals surface area contributed by atoms with E-state index in [1.807, 2.05) is 32.7 Å². The highest BCUT2D eigenvalue weighted by Crippen LogP contribution is 2.23. The molecular weight excluding hydrogens is 362 g/mol. The summed E-state index contributed by atoms with van der Waals surface area (Å²) >= 11 is 0. The van der Waals surface area contributed by atoms with E-state index in [9.17, 15) is 14.9 Å². The zero-order chi connectivity index (χ0) is 20.5. The van der Waals surface area contributed by atoms with Gasteiger partial charge in [-0.25, -0.2) is 9.78 Å². The van der Waals surface area contributed by atoms with Crippen LogP contribution >= 0.6 is 0 Å². The van der Waals surface area contributed by atoms with Crippen LogP contribution in [-0.4, -0.2) is 58.2 Å². The Kier molecular flexibility index (Phi) is 5.35. The van der Waals surface area contributed by atoms with Crippen LogP contribution in [0.5, 0.6) is 0 Å². The molecule has 1 aromatic heterocycles. The first-order valence-electron chi connectivity index (χ1n) is 9.22. The zero-order valence-corrected chi connectivity index (χ0v) is 16.6. The number of nitrogens with zero attached hydrogens (tertiary/aromatic N) is 5. The Balaban J connectivity index is 1.63. The topological polar surface area (TPSA) is 102 Å². The second kappa shape index (κ2) is 7.57. The van der Waals surface area contributed by atoms with Crippen molar-refractivity contribution in [3.05, 3.63) is 34.5 Å². The smallest absolute Gasteiger partial charge is 0.410 e. The minimum absolute atomic E-state index is 0.00362. The fourth-order valence-corrected chi connectivity index (χ4v) is 3.24. The van der Waals surface area contributed by atoms with Gasteiger partial charge in [0.2, 0.25) is 0 Å². The maximum absolute atomic E-state index is 12.2. The number of amides is 1. The number of carbonyl (C=O) groups is 1. The fraction of sp³-hybridized carbons (Fsp3) is 0.526. The van der Waals surface area contributed by atoms with Crippen LogP contribution in [0.1, 0.15) is 27.2 Å². The van der Waals surface area contributed by atoms with Crippen molar-refractivity contribution >= 4 is 28.6 Å². The largest absolute Gasteiger partial charge is 0.444 e. The van der Waals surface area contributed by atoms with E-state index in [1.165, 1.54) is 12.1 Å². The lowest BCUT2D eigenvalue weighted by molar-refractivity contribution is -0.384. The predicted molar refractivity (Wildman–Crippen MR) is 105 cm³/mol. The standard InChI is InChI=1S/C19H25N5O4/c1-19(2,3)28-18(25)23-8-7-13(12-23)11-22(4)17-10-20-16-9-14(24(26)27)5-6-15(16)21-17/h5-6,9-10,13H,7-8,11-12H2,1-4H3/t13-/m0/s1. The molecule has 28 heavy (non-hydrogen) atoms. The van der Waals surface area contributed by atoms with Crippen molar-refractivity contribution in [1.29, 1.82) is 0 Å². The van der Waals surface area contributed by atoms with Gasteiger partial charge in [0.15, 0.2) is 0 Å². The minimum atomic E-state index is -0.498. The normalized spacial score (nSPS) is 17.0. The number of nitro benzene ring substituents is 1. The molecule has 1 aromatic carbocycles.